The summed E-state index contributed by atoms with van der Waals surface area (Å²) < 4.78 is 11.1. The highest BCUT2D eigenvalue weighted by Crippen LogP contribution is 2.36. The van der Waals surface area contributed by atoms with Crippen LogP contribution in [0.15, 0.2) is 12.1 Å². The van der Waals surface area contributed by atoms with Crippen LogP contribution in [0.25, 0.3) is 10.9 Å². The van der Waals surface area contributed by atoms with Gasteiger partial charge in [-0.3, -0.25) is 0 Å². The highest BCUT2D eigenvalue weighted by atomic mass is 35.5. The average molecular weight is 280 g/mol. The molecule has 0 fully saturated rings. The van der Waals surface area contributed by atoms with Gasteiger partial charge in [0.1, 0.15) is 19.0 Å². The topological polar surface area (TPSA) is 56.3 Å². The third-order valence-corrected chi connectivity index (χ3v) is 2.93. The van der Waals surface area contributed by atoms with Crippen LogP contribution in [-0.4, -0.2) is 29.2 Å². The van der Waals surface area contributed by atoms with Gasteiger partial charge in [0.2, 0.25) is 5.28 Å². The lowest BCUT2D eigenvalue weighted by molar-refractivity contribution is 0.172. The van der Waals surface area contributed by atoms with Crippen molar-refractivity contribution < 1.29 is 9.47 Å². The molecule has 1 aromatic heterocycles. The van der Waals surface area contributed by atoms with Gasteiger partial charge in [-0.1, -0.05) is 0 Å². The van der Waals surface area contributed by atoms with E-state index in [0.29, 0.717) is 24.8 Å². The van der Waals surface area contributed by atoms with E-state index in [1.54, 1.807) is 0 Å². The Hall–Kier alpha value is -1.75. The van der Waals surface area contributed by atoms with E-state index in [1.807, 2.05) is 26.0 Å². The van der Waals surface area contributed by atoms with Gasteiger partial charge in [-0.15, -0.1) is 0 Å². The van der Waals surface area contributed by atoms with E-state index in [9.17, 15) is 0 Å². The number of anilines is 1. The molecule has 5 nitrogen and oxygen atoms in total. The molecule has 6 heteroatoms. The summed E-state index contributed by atoms with van der Waals surface area (Å²) in [5, 5.41) is 4.36. The zero-order chi connectivity index (χ0) is 13.4. The van der Waals surface area contributed by atoms with Crippen LogP contribution in [0.3, 0.4) is 0 Å². The Morgan fingerprint density at radius 1 is 1.16 bits per heavy atom. The molecule has 0 aliphatic carbocycles. The molecule has 0 saturated carbocycles. The Kier molecular flexibility index (Phi) is 3.06. The van der Waals surface area contributed by atoms with Crippen LogP contribution < -0.4 is 14.8 Å². The molecule has 0 saturated heterocycles. The average Bonchev–Trinajstić information content (AvgIpc) is 2.36. The molecule has 0 atom stereocenters. The molecule has 0 radical (unpaired) electrons. The van der Waals surface area contributed by atoms with E-state index < -0.39 is 0 Å². The molecule has 1 aliphatic rings. The normalized spacial score (nSPS) is 13.9. The molecule has 1 aliphatic heterocycles. The molecular formula is C13H14ClN3O2. The Balaban J connectivity index is 2.19. The minimum absolute atomic E-state index is 0.215. The fourth-order valence-corrected chi connectivity index (χ4v) is 2.20. The number of nitrogens with zero attached hydrogens (tertiary/aromatic N) is 2. The second kappa shape index (κ2) is 4.74. The molecule has 0 spiro atoms. The smallest absolute Gasteiger partial charge is 0.224 e. The van der Waals surface area contributed by atoms with Crippen molar-refractivity contribution in [3.05, 3.63) is 17.4 Å². The van der Waals surface area contributed by atoms with Gasteiger partial charge in [-0.2, -0.15) is 0 Å². The number of rotatable bonds is 2. The Labute approximate surface area is 115 Å². The summed E-state index contributed by atoms with van der Waals surface area (Å²) in [6.07, 6.45) is 0. The summed E-state index contributed by atoms with van der Waals surface area (Å²) in [6.45, 7) is 5.19. The quantitative estimate of drug-likeness (QED) is 0.857. The standard InChI is InChI=1S/C13H14ClN3O2/c1-7(2)15-12-8-5-10-11(19-4-3-18-10)6-9(8)16-13(14)17-12/h5-7H,3-4H2,1-2H3,(H,15,16,17). The van der Waals surface area contributed by atoms with Crippen LogP contribution in [0.5, 0.6) is 11.5 Å². The number of ether oxygens (including phenoxy) is 2. The summed E-state index contributed by atoms with van der Waals surface area (Å²) in [4.78, 5) is 8.47. The molecule has 2 heterocycles. The molecular weight excluding hydrogens is 266 g/mol. The maximum Gasteiger partial charge on any atom is 0.224 e. The first-order valence-electron chi connectivity index (χ1n) is 6.17. The van der Waals surface area contributed by atoms with Crippen LogP contribution in [0.4, 0.5) is 5.82 Å². The van der Waals surface area contributed by atoms with E-state index in [-0.39, 0.29) is 11.3 Å². The molecule has 0 unspecified atom stereocenters. The summed E-state index contributed by atoms with van der Waals surface area (Å²) in [7, 11) is 0. The van der Waals surface area contributed by atoms with Gasteiger partial charge in [0.05, 0.1) is 5.52 Å². The van der Waals surface area contributed by atoms with E-state index in [0.717, 1.165) is 16.7 Å². The number of hydrogen-bond acceptors (Lipinski definition) is 5. The zero-order valence-electron chi connectivity index (χ0n) is 10.7. The van der Waals surface area contributed by atoms with Crippen molar-refractivity contribution in [2.24, 2.45) is 0 Å². The lowest BCUT2D eigenvalue weighted by atomic mass is 10.2. The molecule has 2 aromatic rings. The zero-order valence-corrected chi connectivity index (χ0v) is 11.5. The van der Waals surface area contributed by atoms with Crippen LogP contribution >= 0.6 is 11.6 Å². The van der Waals surface area contributed by atoms with Gasteiger partial charge in [-0.25, -0.2) is 9.97 Å². The van der Waals surface area contributed by atoms with Crippen molar-refractivity contribution >= 4 is 28.3 Å². The monoisotopic (exact) mass is 279 g/mol. The van der Waals surface area contributed by atoms with Gasteiger partial charge in [0.25, 0.3) is 0 Å². The Bertz CT molecular complexity index is 631. The molecule has 1 aromatic carbocycles. The predicted octanol–water partition coefficient (Wildman–Crippen LogP) is 2.87. The van der Waals surface area contributed by atoms with Gasteiger partial charge in [0, 0.05) is 17.5 Å². The van der Waals surface area contributed by atoms with Crippen LogP contribution in [0, 0.1) is 0 Å². The van der Waals surface area contributed by atoms with Gasteiger partial charge >= 0.3 is 0 Å². The predicted molar refractivity (Wildman–Crippen MR) is 74.3 cm³/mol. The lowest BCUT2D eigenvalue weighted by Gasteiger charge is -2.19. The number of aromatic nitrogens is 2. The highest BCUT2D eigenvalue weighted by Gasteiger charge is 2.16. The summed E-state index contributed by atoms with van der Waals surface area (Å²) in [5.74, 6) is 2.13. The third-order valence-electron chi connectivity index (χ3n) is 2.76. The SMILES string of the molecule is CC(C)Nc1nc(Cl)nc2cc3c(cc12)OCCO3. The second-order valence-electron chi connectivity index (χ2n) is 4.65. The largest absolute Gasteiger partial charge is 0.486 e. The molecule has 0 bridgehead atoms. The molecule has 0 amide bonds. The van der Waals surface area contributed by atoms with Crippen molar-refractivity contribution in [3.63, 3.8) is 0 Å². The fraction of sp³-hybridized carbons (Fsp3) is 0.385. The second-order valence-corrected chi connectivity index (χ2v) is 4.99. The maximum atomic E-state index is 5.96. The number of hydrogen-bond donors (Lipinski definition) is 1. The van der Waals surface area contributed by atoms with Crippen LogP contribution in [-0.2, 0) is 0 Å². The van der Waals surface area contributed by atoms with Gasteiger partial charge in [0.15, 0.2) is 11.5 Å². The van der Waals surface area contributed by atoms with E-state index in [2.05, 4.69) is 15.3 Å². The molecule has 1 N–H and O–H groups in total. The van der Waals surface area contributed by atoms with Crippen molar-refractivity contribution in [1.82, 2.24) is 9.97 Å². The van der Waals surface area contributed by atoms with E-state index >= 15 is 0 Å². The number of halogens is 1. The molecule has 19 heavy (non-hydrogen) atoms. The highest BCUT2D eigenvalue weighted by molar-refractivity contribution is 6.28. The Morgan fingerprint density at radius 2 is 1.84 bits per heavy atom. The first-order chi connectivity index (χ1) is 9.13. The van der Waals surface area contributed by atoms with Crippen molar-refractivity contribution in [1.29, 1.82) is 0 Å². The van der Waals surface area contributed by atoms with Crippen molar-refractivity contribution in [2.45, 2.75) is 19.9 Å². The summed E-state index contributed by atoms with van der Waals surface area (Å²) in [5.41, 5.74) is 0.743. The van der Waals surface area contributed by atoms with Gasteiger partial charge < -0.3 is 14.8 Å². The molecule has 3 rings (SSSR count). The number of benzene rings is 1. The van der Waals surface area contributed by atoms with E-state index in [4.69, 9.17) is 21.1 Å². The van der Waals surface area contributed by atoms with Crippen LogP contribution in [0.1, 0.15) is 13.8 Å². The maximum absolute atomic E-state index is 5.96. The minimum Gasteiger partial charge on any atom is -0.486 e. The minimum atomic E-state index is 0.215. The van der Waals surface area contributed by atoms with E-state index in [1.165, 1.54) is 0 Å². The number of fused-ring (bicyclic) bond motifs is 2. The lowest BCUT2D eigenvalue weighted by Crippen LogP contribution is -2.16. The van der Waals surface area contributed by atoms with Crippen molar-refractivity contribution in [3.8, 4) is 11.5 Å². The van der Waals surface area contributed by atoms with Crippen LogP contribution in [0.2, 0.25) is 5.28 Å². The first-order valence-corrected chi connectivity index (χ1v) is 6.55. The Morgan fingerprint density at radius 3 is 2.53 bits per heavy atom. The van der Waals surface area contributed by atoms with Gasteiger partial charge in [-0.05, 0) is 31.5 Å². The number of nitrogens with one attached hydrogen (secondary N) is 1. The third kappa shape index (κ3) is 2.38. The molecule has 100 valence electrons. The summed E-state index contributed by atoms with van der Waals surface area (Å²) in [6, 6.07) is 3.98. The summed E-state index contributed by atoms with van der Waals surface area (Å²) >= 11 is 5.96. The van der Waals surface area contributed by atoms with Crippen molar-refractivity contribution in [2.75, 3.05) is 18.5 Å². The fourth-order valence-electron chi connectivity index (χ4n) is 2.02. The first kappa shape index (κ1) is 12.3.